The van der Waals surface area contributed by atoms with Crippen molar-refractivity contribution in [2.24, 2.45) is 0 Å². The van der Waals surface area contributed by atoms with Crippen LogP contribution in [0.5, 0.6) is 0 Å². The molecule has 0 bridgehead atoms. The minimum Gasteiger partial charge on any atom is -0.379 e. The number of hydrogen-bond acceptors (Lipinski definition) is 6. The van der Waals surface area contributed by atoms with Gasteiger partial charge in [-0.2, -0.15) is 4.98 Å². The quantitative estimate of drug-likeness (QED) is 0.355. The van der Waals surface area contributed by atoms with Gasteiger partial charge in [-0.05, 0) is 48.2 Å². The molecule has 3 aromatic heterocycles. The molecule has 0 aliphatic carbocycles. The van der Waals surface area contributed by atoms with Crippen LogP contribution in [0, 0.1) is 6.92 Å². The molecule has 0 spiro atoms. The first kappa shape index (κ1) is 20.4. The van der Waals surface area contributed by atoms with Crippen molar-refractivity contribution in [1.82, 2.24) is 19.9 Å². The smallest absolute Gasteiger partial charge is 0.229 e. The van der Waals surface area contributed by atoms with Crippen LogP contribution in [0.25, 0.3) is 31.7 Å². The number of hydrogen-bond donors (Lipinski definition) is 2. The lowest BCUT2D eigenvalue weighted by atomic mass is 10.1. The second-order valence-corrected chi connectivity index (χ2v) is 9.58. The first-order valence-electron chi connectivity index (χ1n) is 11.2. The third kappa shape index (κ3) is 4.23. The van der Waals surface area contributed by atoms with Gasteiger partial charge in [0.2, 0.25) is 5.95 Å². The van der Waals surface area contributed by atoms with Crippen molar-refractivity contribution in [2.45, 2.75) is 13.5 Å². The van der Waals surface area contributed by atoms with Gasteiger partial charge in [0.15, 0.2) is 0 Å². The van der Waals surface area contributed by atoms with Gasteiger partial charge in [-0.25, -0.2) is 4.98 Å². The van der Waals surface area contributed by atoms with E-state index in [9.17, 15) is 0 Å². The van der Waals surface area contributed by atoms with E-state index in [2.05, 4.69) is 70.7 Å². The van der Waals surface area contributed by atoms with Gasteiger partial charge >= 0.3 is 0 Å². The molecule has 1 aliphatic heterocycles. The highest BCUT2D eigenvalue weighted by Gasteiger charge is 2.14. The van der Waals surface area contributed by atoms with Gasteiger partial charge in [0.25, 0.3) is 0 Å². The molecule has 1 saturated heterocycles. The predicted molar refractivity (Wildman–Crippen MR) is 135 cm³/mol. The number of rotatable bonds is 5. The molecule has 2 N–H and O–H groups in total. The number of aromatic amines is 1. The Labute approximate surface area is 196 Å². The Morgan fingerprint density at radius 3 is 2.73 bits per heavy atom. The lowest BCUT2D eigenvalue weighted by Crippen LogP contribution is -2.35. The molecule has 5 aromatic rings. The van der Waals surface area contributed by atoms with E-state index in [-0.39, 0.29) is 0 Å². The molecule has 2 aromatic carbocycles. The zero-order valence-electron chi connectivity index (χ0n) is 18.5. The monoisotopic (exact) mass is 455 g/mol. The van der Waals surface area contributed by atoms with Crippen LogP contribution in [0.1, 0.15) is 11.1 Å². The van der Waals surface area contributed by atoms with Crippen LogP contribution in [0.3, 0.4) is 0 Å². The fraction of sp³-hybridized carbons (Fsp3) is 0.231. The lowest BCUT2D eigenvalue weighted by Gasteiger charge is -2.26. The van der Waals surface area contributed by atoms with E-state index in [0.29, 0.717) is 5.95 Å². The number of benzene rings is 2. The van der Waals surface area contributed by atoms with Crippen molar-refractivity contribution >= 4 is 44.1 Å². The number of nitrogens with zero attached hydrogens (tertiary/aromatic N) is 3. The van der Waals surface area contributed by atoms with Crippen molar-refractivity contribution in [2.75, 3.05) is 31.6 Å². The Kier molecular flexibility index (Phi) is 5.30. The maximum absolute atomic E-state index is 5.44. The lowest BCUT2D eigenvalue weighted by molar-refractivity contribution is 0.0342. The van der Waals surface area contributed by atoms with Gasteiger partial charge in [-0.1, -0.05) is 29.8 Å². The molecule has 0 atom stereocenters. The van der Waals surface area contributed by atoms with E-state index in [0.717, 1.165) is 60.1 Å². The highest BCUT2D eigenvalue weighted by Crippen LogP contribution is 2.36. The van der Waals surface area contributed by atoms with E-state index < -0.39 is 0 Å². The first-order valence-corrected chi connectivity index (χ1v) is 12.0. The van der Waals surface area contributed by atoms with Crippen LogP contribution in [-0.2, 0) is 11.3 Å². The van der Waals surface area contributed by atoms with Crippen LogP contribution in [0.2, 0.25) is 0 Å². The zero-order valence-corrected chi connectivity index (χ0v) is 19.3. The summed E-state index contributed by atoms with van der Waals surface area (Å²) >= 11 is 1.77. The fourth-order valence-corrected chi connectivity index (χ4v) is 5.35. The van der Waals surface area contributed by atoms with Gasteiger partial charge in [0, 0.05) is 41.6 Å². The molecule has 6 nitrogen and oxygen atoms in total. The number of ether oxygens (including phenoxy) is 1. The third-order valence-corrected chi connectivity index (χ3v) is 7.16. The predicted octanol–water partition coefficient (Wildman–Crippen LogP) is 5.72. The topological polar surface area (TPSA) is 66.1 Å². The number of thiophene rings is 1. The van der Waals surface area contributed by atoms with Crippen molar-refractivity contribution in [3.05, 3.63) is 71.9 Å². The number of anilines is 2. The maximum Gasteiger partial charge on any atom is 0.229 e. The van der Waals surface area contributed by atoms with Gasteiger partial charge in [0.05, 0.1) is 23.8 Å². The summed E-state index contributed by atoms with van der Waals surface area (Å²) in [6, 6.07) is 19.4. The molecule has 0 radical (unpaired) electrons. The molecule has 7 heteroatoms. The second kappa shape index (κ2) is 8.59. The summed E-state index contributed by atoms with van der Waals surface area (Å²) in [7, 11) is 0. The number of aromatic nitrogens is 3. The number of H-pyrrole nitrogens is 1. The van der Waals surface area contributed by atoms with E-state index >= 15 is 0 Å². The van der Waals surface area contributed by atoms with Gasteiger partial charge in [-0.15, -0.1) is 11.3 Å². The van der Waals surface area contributed by atoms with E-state index in [1.165, 1.54) is 21.2 Å². The summed E-state index contributed by atoms with van der Waals surface area (Å²) in [6.07, 6.45) is 1.92. The van der Waals surface area contributed by atoms with Crippen molar-refractivity contribution in [1.29, 1.82) is 0 Å². The number of nitrogens with one attached hydrogen (secondary N) is 2. The molecule has 4 heterocycles. The summed E-state index contributed by atoms with van der Waals surface area (Å²) in [5.74, 6) is 0.592. The van der Waals surface area contributed by atoms with Crippen LogP contribution in [0.4, 0.5) is 11.6 Å². The molecule has 0 saturated carbocycles. The third-order valence-electron chi connectivity index (χ3n) is 6.04. The normalized spacial score (nSPS) is 14.8. The molecule has 1 fully saturated rings. The Morgan fingerprint density at radius 1 is 1.03 bits per heavy atom. The highest BCUT2D eigenvalue weighted by molar-refractivity contribution is 7.22. The summed E-state index contributed by atoms with van der Waals surface area (Å²) in [5.41, 5.74) is 5.32. The Hall–Kier alpha value is -3.26. The standard InChI is InChI=1S/C26H25N5OS/c1-17-2-7-22-19(14-17)15-23(33-22)24-21-8-9-27-25(21)30-26(29-24)28-20-5-3-18(4-6-20)16-31-10-12-32-13-11-31/h2-9,14-15H,10-13,16H2,1H3,(H2,27,28,29,30). The minimum absolute atomic E-state index is 0.592. The molecule has 166 valence electrons. The number of morpholine rings is 1. The minimum atomic E-state index is 0.592. The molecule has 0 amide bonds. The van der Waals surface area contributed by atoms with Crippen LogP contribution >= 0.6 is 11.3 Å². The SMILES string of the molecule is Cc1ccc2sc(-c3nc(Nc4ccc(CN5CCOCC5)cc4)nc4[nH]ccc34)cc2c1. The van der Waals surface area contributed by atoms with Crippen molar-refractivity contribution in [3.63, 3.8) is 0 Å². The zero-order chi connectivity index (χ0) is 22.2. The van der Waals surface area contributed by atoms with Gasteiger partial charge < -0.3 is 15.0 Å². The van der Waals surface area contributed by atoms with Crippen LogP contribution in [0.15, 0.2) is 60.8 Å². The average molecular weight is 456 g/mol. The second-order valence-electron chi connectivity index (χ2n) is 8.50. The number of fused-ring (bicyclic) bond motifs is 2. The van der Waals surface area contributed by atoms with Crippen molar-refractivity contribution in [3.8, 4) is 10.6 Å². The van der Waals surface area contributed by atoms with Crippen LogP contribution < -0.4 is 5.32 Å². The summed E-state index contributed by atoms with van der Waals surface area (Å²) in [6.45, 7) is 6.69. The average Bonchev–Trinajstić information content (AvgIpc) is 3.47. The highest BCUT2D eigenvalue weighted by atomic mass is 32.1. The molecular weight excluding hydrogens is 430 g/mol. The van der Waals surface area contributed by atoms with E-state index in [4.69, 9.17) is 14.7 Å². The Bertz CT molecular complexity index is 1420. The maximum atomic E-state index is 5.44. The Balaban J connectivity index is 1.28. The van der Waals surface area contributed by atoms with Crippen LogP contribution in [-0.4, -0.2) is 46.2 Å². The molecule has 1 aliphatic rings. The molecule has 6 rings (SSSR count). The number of aryl methyl sites for hydroxylation is 1. The Morgan fingerprint density at radius 2 is 1.88 bits per heavy atom. The summed E-state index contributed by atoms with van der Waals surface area (Å²) < 4.78 is 6.71. The first-order chi connectivity index (χ1) is 16.2. The fourth-order valence-electron chi connectivity index (χ4n) is 4.30. The molecule has 0 unspecified atom stereocenters. The van der Waals surface area contributed by atoms with Gasteiger partial charge in [0.1, 0.15) is 5.65 Å². The summed E-state index contributed by atoms with van der Waals surface area (Å²) in [4.78, 5) is 16.4. The molecule has 33 heavy (non-hydrogen) atoms. The summed E-state index contributed by atoms with van der Waals surface area (Å²) in [5, 5.41) is 5.68. The largest absolute Gasteiger partial charge is 0.379 e. The van der Waals surface area contributed by atoms with E-state index in [1.54, 1.807) is 11.3 Å². The van der Waals surface area contributed by atoms with Gasteiger partial charge in [-0.3, -0.25) is 4.90 Å². The van der Waals surface area contributed by atoms with Crippen molar-refractivity contribution < 1.29 is 4.74 Å². The van der Waals surface area contributed by atoms with E-state index in [1.807, 2.05) is 12.3 Å². The molecular formula is C26H25N5OS.